The first-order chi connectivity index (χ1) is 4.97. The lowest BCUT2D eigenvalue weighted by Gasteiger charge is -2.17. The fraction of sp³-hybridized carbons (Fsp3) is 0.375. The maximum atomic E-state index is 5.36. The topological polar surface area (TPSA) is 21.6 Å². The van der Waals surface area contributed by atoms with Gasteiger partial charge in [-0.1, -0.05) is 12.2 Å². The first kappa shape index (κ1) is 5.71. The van der Waals surface area contributed by atoms with E-state index in [1.54, 1.807) is 0 Å². The van der Waals surface area contributed by atoms with E-state index < -0.39 is 0 Å². The lowest BCUT2D eigenvalue weighted by atomic mass is 10.1. The molecular weight excluding hydrogens is 126 g/mol. The zero-order valence-electron chi connectivity index (χ0n) is 5.71. The lowest BCUT2D eigenvalue weighted by molar-refractivity contribution is 0.230. The molecule has 0 aromatic carbocycles. The van der Waals surface area contributed by atoms with Crippen molar-refractivity contribution in [2.75, 3.05) is 13.2 Å². The molecule has 2 aliphatic rings. The molecule has 0 radical (unpaired) electrons. The molecule has 0 saturated heterocycles. The number of allylic oxidation sites excluding steroid dienone is 4. The van der Waals surface area contributed by atoms with Crippen LogP contribution in [0.25, 0.3) is 0 Å². The molecule has 0 unspecified atom stereocenters. The molecule has 0 aromatic rings. The average molecular weight is 135 g/mol. The highest BCUT2D eigenvalue weighted by atomic mass is 16.5. The Morgan fingerprint density at radius 2 is 2.50 bits per heavy atom. The smallest absolute Gasteiger partial charge is 0.140 e. The number of aliphatic imine (C=N–C) groups is 1. The quantitative estimate of drug-likeness (QED) is 0.490. The molecule has 10 heavy (non-hydrogen) atoms. The summed E-state index contributed by atoms with van der Waals surface area (Å²) in [5, 5.41) is 0. The van der Waals surface area contributed by atoms with E-state index in [9.17, 15) is 0 Å². The third kappa shape index (κ3) is 0.856. The zero-order chi connectivity index (χ0) is 6.81. The Morgan fingerprint density at radius 1 is 1.50 bits per heavy atom. The van der Waals surface area contributed by atoms with Crippen molar-refractivity contribution in [3.8, 4) is 0 Å². The van der Waals surface area contributed by atoms with Gasteiger partial charge < -0.3 is 4.74 Å². The van der Waals surface area contributed by atoms with Crippen molar-refractivity contribution in [3.05, 3.63) is 24.0 Å². The van der Waals surface area contributed by atoms with Gasteiger partial charge in [-0.3, -0.25) is 4.99 Å². The third-order valence-electron chi connectivity index (χ3n) is 1.63. The van der Waals surface area contributed by atoms with Crippen LogP contribution in [0.1, 0.15) is 6.42 Å². The first-order valence-electron chi connectivity index (χ1n) is 3.50. The van der Waals surface area contributed by atoms with Crippen LogP contribution >= 0.6 is 0 Å². The molecule has 0 spiro atoms. The van der Waals surface area contributed by atoms with Crippen LogP contribution in [-0.2, 0) is 4.74 Å². The minimum atomic E-state index is 0.739. The van der Waals surface area contributed by atoms with Gasteiger partial charge in [0.1, 0.15) is 12.4 Å². The number of ether oxygens (including phenoxy) is 1. The van der Waals surface area contributed by atoms with E-state index in [-0.39, 0.29) is 0 Å². The lowest BCUT2D eigenvalue weighted by Crippen LogP contribution is -2.16. The van der Waals surface area contributed by atoms with Crippen molar-refractivity contribution in [3.63, 3.8) is 0 Å². The molecule has 1 aliphatic heterocycles. The van der Waals surface area contributed by atoms with Gasteiger partial charge in [-0.15, -0.1) is 0 Å². The molecule has 0 amide bonds. The summed E-state index contributed by atoms with van der Waals surface area (Å²) in [4.78, 5) is 4.32. The molecular formula is C8H9NO. The van der Waals surface area contributed by atoms with Crippen LogP contribution in [0.4, 0.5) is 0 Å². The summed E-state index contributed by atoms with van der Waals surface area (Å²) in [7, 11) is 0. The van der Waals surface area contributed by atoms with Crippen molar-refractivity contribution in [1.29, 1.82) is 0 Å². The van der Waals surface area contributed by atoms with Crippen LogP contribution in [0.15, 0.2) is 29.0 Å². The molecule has 2 nitrogen and oxygen atoms in total. The van der Waals surface area contributed by atoms with E-state index in [1.807, 2.05) is 12.2 Å². The molecule has 1 aliphatic carbocycles. The highest BCUT2D eigenvalue weighted by Gasteiger charge is 2.12. The van der Waals surface area contributed by atoms with Crippen LogP contribution in [0.2, 0.25) is 0 Å². The Kier molecular flexibility index (Phi) is 1.31. The Labute approximate surface area is 59.9 Å². The van der Waals surface area contributed by atoms with Gasteiger partial charge in [-0.2, -0.15) is 0 Å². The molecule has 52 valence electrons. The molecule has 0 saturated carbocycles. The third-order valence-corrected chi connectivity index (χ3v) is 1.63. The minimum absolute atomic E-state index is 0.739. The van der Waals surface area contributed by atoms with Gasteiger partial charge in [0.15, 0.2) is 0 Å². The second-order valence-electron chi connectivity index (χ2n) is 2.34. The molecule has 1 heterocycles. The minimum Gasteiger partial charge on any atom is -0.490 e. The van der Waals surface area contributed by atoms with Crippen molar-refractivity contribution in [2.24, 2.45) is 4.99 Å². The van der Waals surface area contributed by atoms with Gasteiger partial charge in [0.25, 0.3) is 0 Å². The fourth-order valence-corrected chi connectivity index (χ4v) is 1.14. The predicted molar refractivity (Wildman–Crippen MR) is 40.1 cm³/mol. The fourth-order valence-electron chi connectivity index (χ4n) is 1.14. The standard InChI is InChI=1S/C8H9NO/c1-2-4-8-7(3-1)9-5-6-10-8/h1-2,4H,3,5-6H2. The van der Waals surface area contributed by atoms with Gasteiger partial charge in [0.2, 0.25) is 0 Å². The number of hydrogen-bond donors (Lipinski definition) is 0. The van der Waals surface area contributed by atoms with Gasteiger partial charge in [0.05, 0.1) is 12.3 Å². The summed E-state index contributed by atoms with van der Waals surface area (Å²) < 4.78 is 5.36. The number of hydrogen-bond acceptors (Lipinski definition) is 2. The second kappa shape index (κ2) is 2.29. The largest absolute Gasteiger partial charge is 0.490 e. The van der Waals surface area contributed by atoms with Crippen molar-refractivity contribution >= 4 is 5.71 Å². The summed E-state index contributed by atoms with van der Waals surface area (Å²) in [6, 6.07) is 0. The normalized spacial score (nSPS) is 22.4. The summed E-state index contributed by atoms with van der Waals surface area (Å²) in [5.41, 5.74) is 1.11. The van der Waals surface area contributed by atoms with Gasteiger partial charge in [-0.05, 0) is 6.08 Å². The molecule has 2 heteroatoms. The maximum Gasteiger partial charge on any atom is 0.140 e. The highest BCUT2D eigenvalue weighted by molar-refractivity contribution is 6.00. The van der Waals surface area contributed by atoms with E-state index in [0.29, 0.717) is 0 Å². The van der Waals surface area contributed by atoms with Gasteiger partial charge >= 0.3 is 0 Å². The Bertz CT molecular complexity index is 225. The zero-order valence-corrected chi connectivity index (χ0v) is 5.71. The maximum absolute atomic E-state index is 5.36. The molecule has 0 bridgehead atoms. The van der Waals surface area contributed by atoms with Crippen LogP contribution in [-0.4, -0.2) is 18.9 Å². The van der Waals surface area contributed by atoms with Crippen molar-refractivity contribution < 1.29 is 4.74 Å². The number of nitrogens with zero attached hydrogens (tertiary/aromatic N) is 1. The van der Waals surface area contributed by atoms with Gasteiger partial charge in [0, 0.05) is 6.42 Å². The summed E-state index contributed by atoms with van der Waals surface area (Å²) >= 11 is 0. The van der Waals surface area contributed by atoms with E-state index in [4.69, 9.17) is 4.74 Å². The predicted octanol–water partition coefficient (Wildman–Crippen LogP) is 1.30. The molecule has 2 rings (SSSR count). The Hall–Kier alpha value is -1.05. The van der Waals surface area contributed by atoms with Crippen LogP contribution in [0, 0.1) is 0 Å². The van der Waals surface area contributed by atoms with E-state index >= 15 is 0 Å². The van der Waals surface area contributed by atoms with Crippen LogP contribution in [0.5, 0.6) is 0 Å². The van der Waals surface area contributed by atoms with Crippen LogP contribution in [0.3, 0.4) is 0 Å². The molecule has 0 fully saturated rings. The average Bonchev–Trinajstić information content (AvgIpc) is 2.05. The summed E-state index contributed by atoms with van der Waals surface area (Å²) in [5.74, 6) is 0.966. The summed E-state index contributed by atoms with van der Waals surface area (Å²) in [6.07, 6.45) is 7.02. The van der Waals surface area contributed by atoms with Gasteiger partial charge in [-0.25, -0.2) is 0 Å². The molecule has 0 N–H and O–H groups in total. The molecule has 0 atom stereocenters. The van der Waals surface area contributed by atoms with E-state index in [0.717, 1.165) is 31.0 Å². The van der Waals surface area contributed by atoms with Crippen LogP contribution < -0.4 is 0 Å². The monoisotopic (exact) mass is 135 g/mol. The Morgan fingerprint density at radius 3 is 3.40 bits per heavy atom. The highest BCUT2D eigenvalue weighted by Crippen LogP contribution is 2.13. The number of rotatable bonds is 0. The second-order valence-corrected chi connectivity index (χ2v) is 2.34. The Balaban J connectivity index is 2.32. The molecule has 0 aromatic heterocycles. The van der Waals surface area contributed by atoms with Crippen molar-refractivity contribution in [2.45, 2.75) is 6.42 Å². The number of fused-ring (bicyclic) bond motifs is 1. The van der Waals surface area contributed by atoms with E-state index in [1.165, 1.54) is 0 Å². The van der Waals surface area contributed by atoms with Crippen molar-refractivity contribution in [1.82, 2.24) is 0 Å². The van der Waals surface area contributed by atoms with E-state index in [2.05, 4.69) is 11.1 Å². The SMILES string of the molecule is C1=CCC2=NCCOC2=C1. The summed E-state index contributed by atoms with van der Waals surface area (Å²) in [6.45, 7) is 1.56. The first-order valence-corrected chi connectivity index (χ1v) is 3.50.